The molecule has 0 aliphatic heterocycles. The minimum atomic E-state index is -0.436. The fourth-order valence-electron chi connectivity index (χ4n) is 2.00. The molecule has 2 aromatic carbocycles. The van der Waals surface area contributed by atoms with E-state index < -0.39 is 5.82 Å². The summed E-state index contributed by atoms with van der Waals surface area (Å²) in [6, 6.07) is 7.37. The fourth-order valence-corrected chi connectivity index (χ4v) is 2.17. The topological polar surface area (TPSA) is 35.5 Å². The molecule has 0 aliphatic rings. The van der Waals surface area contributed by atoms with Gasteiger partial charge in [-0.3, -0.25) is 4.79 Å². The lowest BCUT2D eigenvalue weighted by Gasteiger charge is -2.15. The van der Waals surface area contributed by atoms with Gasteiger partial charge < -0.3 is 9.47 Å². The van der Waals surface area contributed by atoms with Crippen LogP contribution in [0.15, 0.2) is 30.3 Å². The molecule has 0 radical (unpaired) electrons. The van der Waals surface area contributed by atoms with Gasteiger partial charge in [-0.1, -0.05) is 11.6 Å². The maximum atomic E-state index is 14.0. The number of hydrogen-bond donors (Lipinski definition) is 0. The highest BCUT2D eigenvalue weighted by molar-refractivity contribution is 6.30. The molecule has 0 heterocycles. The molecule has 0 amide bonds. The van der Waals surface area contributed by atoms with E-state index >= 15 is 0 Å². The molecule has 0 N–H and O–H groups in total. The second-order valence-corrected chi connectivity index (χ2v) is 4.45. The minimum Gasteiger partial charge on any atom is -0.492 e. The number of aldehydes is 1. The molecule has 0 spiro atoms. The van der Waals surface area contributed by atoms with E-state index in [-0.39, 0.29) is 11.3 Å². The Morgan fingerprint density at radius 1 is 1.05 bits per heavy atom. The molecule has 104 valence electrons. The van der Waals surface area contributed by atoms with Gasteiger partial charge >= 0.3 is 0 Å². The summed E-state index contributed by atoms with van der Waals surface area (Å²) in [6.45, 7) is 0. The van der Waals surface area contributed by atoms with Crippen molar-refractivity contribution in [1.29, 1.82) is 0 Å². The largest absolute Gasteiger partial charge is 0.492 e. The summed E-state index contributed by atoms with van der Waals surface area (Å²) in [5.74, 6) is 0.117. The van der Waals surface area contributed by atoms with Crippen molar-refractivity contribution in [2.24, 2.45) is 0 Å². The lowest BCUT2D eigenvalue weighted by molar-refractivity contribution is 0.112. The molecule has 2 aromatic rings. The molecule has 0 bridgehead atoms. The fraction of sp³-hybridized carbons (Fsp3) is 0.133. The molecule has 20 heavy (non-hydrogen) atoms. The van der Waals surface area contributed by atoms with E-state index in [2.05, 4.69) is 0 Å². The second kappa shape index (κ2) is 5.92. The lowest BCUT2D eigenvalue weighted by atomic mass is 10.0. The molecule has 3 nitrogen and oxygen atoms in total. The Kier molecular flexibility index (Phi) is 4.25. The van der Waals surface area contributed by atoms with Gasteiger partial charge in [0.15, 0.2) is 17.8 Å². The van der Waals surface area contributed by atoms with E-state index in [1.807, 2.05) is 0 Å². The van der Waals surface area contributed by atoms with Gasteiger partial charge in [-0.05, 0) is 30.3 Å². The van der Waals surface area contributed by atoms with Crippen molar-refractivity contribution in [3.8, 4) is 22.6 Å². The summed E-state index contributed by atoms with van der Waals surface area (Å²) in [5.41, 5.74) is 1.08. The predicted molar refractivity (Wildman–Crippen MR) is 75.3 cm³/mol. The summed E-state index contributed by atoms with van der Waals surface area (Å²) in [4.78, 5) is 11.0. The first-order chi connectivity index (χ1) is 9.62. The number of carbonyl (C=O) groups excluding carboxylic acids is 1. The van der Waals surface area contributed by atoms with E-state index in [9.17, 15) is 9.18 Å². The van der Waals surface area contributed by atoms with Gasteiger partial charge in [-0.2, -0.15) is 0 Å². The van der Waals surface area contributed by atoms with Crippen LogP contribution in [0.4, 0.5) is 4.39 Å². The first-order valence-corrected chi connectivity index (χ1v) is 6.15. The van der Waals surface area contributed by atoms with E-state index in [0.29, 0.717) is 28.2 Å². The Morgan fingerprint density at radius 3 is 2.35 bits per heavy atom. The van der Waals surface area contributed by atoms with Crippen LogP contribution in [0, 0.1) is 5.82 Å². The third-order valence-electron chi connectivity index (χ3n) is 2.90. The minimum absolute atomic E-state index is 0.263. The van der Waals surface area contributed by atoms with E-state index in [0.717, 1.165) is 0 Å². The maximum Gasteiger partial charge on any atom is 0.171 e. The first kappa shape index (κ1) is 14.3. The van der Waals surface area contributed by atoms with Gasteiger partial charge in [-0.25, -0.2) is 4.39 Å². The number of hydrogen-bond acceptors (Lipinski definition) is 3. The average molecular weight is 295 g/mol. The third-order valence-corrected chi connectivity index (χ3v) is 3.13. The van der Waals surface area contributed by atoms with Gasteiger partial charge in [0.05, 0.1) is 19.8 Å². The van der Waals surface area contributed by atoms with Crippen LogP contribution in [-0.2, 0) is 0 Å². The Hall–Kier alpha value is -2.07. The average Bonchev–Trinajstić information content (AvgIpc) is 2.47. The molecular weight excluding hydrogens is 283 g/mol. The Bertz CT molecular complexity index is 656. The molecule has 0 saturated heterocycles. The second-order valence-electron chi connectivity index (χ2n) is 4.01. The van der Waals surface area contributed by atoms with Gasteiger partial charge in [-0.15, -0.1) is 0 Å². The number of benzene rings is 2. The van der Waals surface area contributed by atoms with E-state index in [4.69, 9.17) is 21.1 Å². The van der Waals surface area contributed by atoms with Gasteiger partial charge in [0, 0.05) is 16.1 Å². The molecule has 0 fully saturated rings. The van der Waals surface area contributed by atoms with Gasteiger partial charge in [0.25, 0.3) is 0 Å². The maximum absolute atomic E-state index is 14.0. The molecule has 0 aliphatic carbocycles. The quantitative estimate of drug-likeness (QED) is 0.800. The molecule has 0 unspecified atom stereocenters. The van der Waals surface area contributed by atoms with Crippen molar-refractivity contribution in [1.82, 2.24) is 0 Å². The van der Waals surface area contributed by atoms with Crippen molar-refractivity contribution in [3.05, 3.63) is 46.7 Å². The smallest absolute Gasteiger partial charge is 0.171 e. The highest BCUT2D eigenvalue weighted by atomic mass is 35.5. The monoisotopic (exact) mass is 294 g/mol. The summed E-state index contributed by atoms with van der Waals surface area (Å²) >= 11 is 5.90. The van der Waals surface area contributed by atoms with Crippen LogP contribution < -0.4 is 9.47 Å². The summed E-state index contributed by atoms with van der Waals surface area (Å²) in [6.07, 6.45) is 0.652. The molecule has 0 saturated carbocycles. The lowest BCUT2D eigenvalue weighted by Crippen LogP contribution is -1.98. The van der Waals surface area contributed by atoms with Gasteiger partial charge in [0.2, 0.25) is 0 Å². The normalized spacial score (nSPS) is 10.2. The van der Waals surface area contributed by atoms with Crippen molar-refractivity contribution in [2.45, 2.75) is 0 Å². The van der Waals surface area contributed by atoms with Crippen LogP contribution >= 0.6 is 11.6 Å². The van der Waals surface area contributed by atoms with E-state index in [1.165, 1.54) is 32.4 Å². The van der Waals surface area contributed by atoms with Crippen LogP contribution in [-0.4, -0.2) is 20.5 Å². The summed E-state index contributed by atoms with van der Waals surface area (Å²) in [5, 5.41) is 0.405. The number of halogens is 2. The molecule has 5 heteroatoms. The highest BCUT2D eigenvalue weighted by Crippen LogP contribution is 2.41. The SMILES string of the molecule is COc1c(C=O)ccc(-c2cc(Cl)ccc2F)c1OC. The first-order valence-electron chi connectivity index (χ1n) is 5.78. The third kappa shape index (κ3) is 2.47. The van der Waals surface area contributed by atoms with Gasteiger partial charge in [0.1, 0.15) is 5.82 Å². The Balaban J connectivity index is 2.74. The zero-order chi connectivity index (χ0) is 14.7. The number of ether oxygens (including phenoxy) is 2. The summed E-state index contributed by atoms with van der Waals surface area (Å²) < 4.78 is 24.4. The van der Waals surface area contributed by atoms with Crippen LogP contribution in [0.3, 0.4) is 0 Å². The predicted octanol–water partition coefficient (Wildman–Crippen LogP) is 3.98. The van der Waals surface area contributed by atoms with Crippen molar-refractivity contribution in [2.75, 3.05) is 14.2 Å². The zero-order valence-corrected chi connectivity index (χ0v) is 11.7. The van der Waals surface area contributed by atoms with Crippen molar-refractivity contribution >= 4 is 17.9 Å². The van der Waals surface area contributed by atoms with Crippen LogP contribution in [0.2, 0.25) is 5.02 Å². The Morgan fingerprint density at radius 2 is 1.75 bits per heavy atom. The van der Waals surface area contributed by atoms with Crippen LogP contribution in [0.5, 0.6) is 11.5 Å². The molecule has 2 rings (SSSR count). The highest BCUT2D eigenvalue weighted by Gasteiger charge is 2.18. The molecular formula is C15H12ClFO3. The zero-order valence-electron chi connectivity index (χ0n) is 10.9. The Labute approximate surface area is 120 Å². The van der Waals surface area contributed by atoms with Crippen molar-refractivity contribution < 1.29 is 18.7 Å². The molecule has 0 atom stereocenters. The van der Waals surface area contributed by atoms with E-state index in [1.54, 1.807) is 12.1 Å². The number of rotatable bonds is 4. The standard InChI is InChI=1S/C15H12ClFO3/c1-19-14-9(8-18)3-5-11(15(14)20-2)12-7-10(16)4-6-13(12)17/h3-8H,1-2H3. The number of methoxy groups -OCH3 is 2. The molecule has 0 aromatic heterocycles. The van der Waals surface area contributed by atoms with Crippen LogP contribution in [0.1, 0.15) is 10.4 Å². The van der Waals surface area contributed by atoms with Crippen molar-refractivity contribution in [3.63, 3.8) is 0 Å². The summed E-state index contributed by atoms with van der Waals surface area (Å²) in [7, 11) is 2.85. The van der Waals surface area contributed by atoms with Crippen LogP contribution in [0.25, 0.3) is 11.1 Å². The number of carbonyl (C=O) groups is 1.